The Bertz CT molecular complexity index is 433. The van der Waals surface area contributed by atoms with E-state index in [4.69, 9.17) is 4.74 Å². The molecule has 0 radical (unpaired) electrons. The summed E-state index contributed by atoms with van der Waals surface area (Å²) in [4.78, 5) is 22.2. The van der Waals surface area contributed by atoms with Crippen LogP contribution in [-0.4, -0.2) is 32.6 Å². The summed E-state index contributed by atoms with van der Waals surface area (Å²) in [6.07, 6.45) is 0. The number of halogens is 1. The predicted molar refractivity (Wildman–Crippen MR) is 57.3 cm³/mol. The largest absolute Gasteiger partial charge is 0.497 e. The second-order valence-electron chi connectivity index (χ2n) is 3.10. The summed E-state index contributed by atoms with van der Waals surface area (Å²) in [5, 5.41) is 2.27. The standard InChI is InChI=1S/C11H12FNO4/c1-13-10(14)6-17-11(15)8-4-3-7(16-2)5-9(8)12/h3-5H,6H2,1-2H3,(H,13,14). The van der Waals surface area contributed by atoms with Crippen molar-refractivity contribution < 1.29 is 23.5 Å². The summed E-state index contributed by atoms with van der Waals surface area (Å²) < 4.78 is 22.8. The maximum atomic E-state index is 13.4. The van der Waals surface area contributed by atoms with Gasteiger partial charge in [0.2, 0.25) is 0 Å². The highest BCUT2D eigenvalue weighted by Gasteiger charge is 2.15. The number of hydrogen-bond donors (Lipinski definition) is 1. The van der Waals surface area contributed by atoms with Crippen LogP contribution in [0.15, 0.2) is 18.2 Å². The van der Waals surface area contributed by atoms with E-state index in [1.54, 1.807) is 0 Å². The molecule has 0 aliphatic rings. The van der Waals surface area contributed by atoms with Gasteiger partial charge in [0, 0.05) is 13.1 Å². The summed E-state index contributed by atoms with van der Waals surface area (Å²) >= 11 is 0. The number of ether oxygens (including phenoxy) is 2. The van der Waals surface area contributed by atoms with Gasteiger partial charge in [0.1, 0.15) is 11.6 Å². The zero-order chi connectivity index (χ0) is 12.8. The normalized spacial score (nSPS) is 9.59. The molecule has 1 amide bonds. The van der Waals surface area contributed by atoms with Gasteiger partial charge in [-0.1, -0.05) is 0 Å². The maximum Gasteiger partial charge on any atom is 0.341 e. The first-order valence-corrected chi connectivity index (χ1v) is 4.79. The molecule has 0 heterocycles. The molecule has 0 atom stereocenters. The fourth-order valence-electron chi connectivity index (χ4n) is 1.07. The number of esters is 1. The van der Waals surface area contributed by atoms with Crippen LogP contribution in [0.1, 0.15) is 10.4 Å². The first-order valence-electron chi connectivity index (χ1n) is 4.79. The molecule has 6 heteroatoms. The fourth-order valence-corrected chi connectivity index (χ4v) is 1.07. The third kappa shape index (κ3) is 3.44. The Morgan fingerprint density at radius 1 is 1.41 bits per heavy atom. The van der Waals surface area contributed by atoms with Crippen molar-refractivity contribution in [3.05, 3.63) is 29.6 Å². The lowest BCUT2D eigenvalue weighted by atomic mass is 10.2. The molecule has 1 aromatic rings. The Labute approximate surface area is 97.5 Å². The van der Waals surface area contributed by atoms with E-state index >= 15 is 0 Å². The van der Waals surface area contributed by atoms with Crippen molar-refractivity contribution in [1.29, 1.82) is 0 Å². The van der Waals surface area contributed by atoms with Crippen LogP contribution < -0.4 is 10.1 Å². The van der Waals surface area contributed by atoms with Gasteiger partial charge >= 0.3 is 5.97 Å². The number of nitrogens with one attached hydrogen (secondary N) is 1. The summed E-state index contributed by atoms with van der Waals surface area (Å²) in [7, 11) is 2.79. The molecule has 0 aromatic heterocycles. The lowest BCUT2D eigenvalue weighted by Gasteiger charge is -2.06. The van der Waals surface area contributed by atoms with Crippen molar-refractivity contribution in [3.63, 3.8) is 0 Å². The van der Waals surface area contributed by atoms with E-state index in [-0.39, 0.29) is 5.56 Å². The number of rotatable bonds is 4. The summed E-state index contributed by atoms with van der Waals surface area (Å²) in [6, 6.07) is 3.73. The van der Waals surface area contributed by atoms with Crippen LogP contribution in [0.2, 0.25) is 0 Å². The zero-order valence-corrected chi connectivity index (χ0v) is 9.45. The molecule has 0 aliphatic heterocycles. The third-order valence-corrected chi connectivity index (χ3v) is 2.01. The SMILES string of the molecule is CNC(=O)COC(=O)c1ccc(OC)cc1F. The van der Waals surface area contributed by atoms with Gasteiger partial charge in [-0.3, -0.25) is 4.79 Å². The molecule has 92 valence electrons. The first kappa shape index (κ1) is 13.0. The Hall–Kier alpha value is -2.11. The average molecular weight is 241 g/mol. The average Bonchev–Trinajstić information content (AvgIpc) is 2.35. The first-order chi connectivity index (χ1) is 8.08. The topological polar surface area (TPSA) is 64.6 Å². The van der Waals surface area contributed by atoms with E-state index in [9.17, 15) is 14.0 Å². The number of carbonyl (C=O) groups is 2. The van der Waals surface area contributed by atoms with Gasteiger partial charge in [-0.2, -0.15) is 0 Å². The molecule has 0 unspecified atom stereocenters. The van der Waals surface area contributed by atoms with Crippen LogP contribution in [0.25, 0.3) is 0 Å². The van der Waals surface area contributed by atoms with E-state index < -0.39 is 24.3 Å². The summed E-state index contributed by atoms with van der Waals surface area (Å²) in [5.74, 6) is -1.82. The van der Waals surface area contributed by atoms with Crippen LogP contribution in [0, 0.1) is 5.82 Å². The van der Waals surface area contributed by atoms with Crippen LogP contribution in [-0.2, 0) is 9.53 Å². The molecule has 0 fully saturated rings. The molecule has 5 nitrogen and oxygen atoms in total. The van der Waals surface area contributed by atoms with Gasteiger partial charge in [-0.25, -0.2) is 9.18 Å². The fraction of sp³-hybridized carbons (Fsp3) is 0.273. The molecular formula is C11H12FNO4. The van der Waals surface area contributed by atoms with Crippen molar-refractivity contribution in [2.24, 2.45) is 0 Å². The minimum atomic E-state index is -0.895. The van der Waals surface area contributed by atoms with Crippen molar-refractivity contribution in [2.75, 3.05) is 20.8 Å². The molecule has 1 N–H and O–H groups in total. The molecule has 0 aliphatic carbocycles. The minimum Gasteiger partial charge on any atom is -0.497 e. The van der Waals surface area contributed by atoms with Crippen molar-refractivity contribution in [1.82, 2.24) is 5.32 Å². The zero-order valence-electron chi connectivity index (χ0n) is 9.45. The third-order valence-electron chi connectivity index (χ3n) is 2.01. The van der Waals surface area contributed by atoms with Gasteiger partial charge in [0.05, 0.1) is 12.7 Å². The van der Waals surface area contributed by atoms with Crippen LogP contribution in [0.5, 0.6) is 5.75 Å². The van der Waals surface area contributed by atoms with Gasteiger partial charge in [0.25, 0.3) is 5.91 Å². The van der Waals surface area contributed by atoms with Gasteiger partial charge < -0.3 is 14.8 Å². The van der Waals surface area contributed by atoms with E-state index in [2.05, 4.69) is 10.1 Å². The quantitative estimate of drug-likeness (QED) is 0.789. The molecular weight excluding hydrogens is 229 g/mol. The molecule has 1 aromatic carbocycles. The monoisotopic (exact) mass is 241 g/mol. The van der Waals surface area contributed by atoms with Crippen LogP contribution in [0.3, 0.4) is 0 Å². The van der Waals surface area contributed by atoms with Gasteiger partial charge in [-0.05, 0) is 12.1 Å². The molecule has 0 saturated carbocycles. The lowest BCUT2D eigenvalue weighted by molar-refractivity contribution is -0.123. The highest BCUT2D eigenvalue weighted by Crippen LogP contribution is 2.16. The van der Waals surface area contributed by atoms with Crippen molar-refractivity contribution in [2.45, 2.75) is 0 Å². The second kappa shape index (κ2) is 5.83. The second-order valence-corrected chi connectivity index (χ2v) is 3.10. The van der Waals surface area contributed by atoms with E-state index in [1.807, 2.05) is 0 Å². The smallest absolute Gasteiger partial charge is 0.341 e. The molecule has 0 saturated heterocycles. The Kier molecular flexibility index (Phi) is 4.45. The Morgan fingerprint density at radius 2 is 2.12 bits per heavy atom. The minimum absolute atomic E-state index is 0.241. The maximum absolute atomic E-state index is 13.4. The number of hydrogen-bond acceptors (Lipinski definition) is 4. The number of amides is 1. The Morgan fingerprint density at radius 3 is 2.65 bits per heavy atom. The Balaban J connectivity index is 2.72. The molecule has 1 rings (SSSR count). The summed E-state index contributed by atoms with van der Waals surface area (Å²) in [5.41, 5.74) is -0.241. The van der Waals surface area contributed by atoms with Crippen molar-refractivity contribution >= 4 is 11.9 Å². The lowest BCUT2D eigenvalue weighted by Crippen LogP contribution is -2.25. The number of benzene rings is 1. The van der Waals surface area contributed by atoms with E-state index in [0.717, 1.165) is 6.07 Å². The van der Waals surface area contributed by atoms with Crippen LogP contribution >= 0.6 is 0 Å². The molecule has 0 bridgehead atoms. The number of likely N-dealkylation sites (N-methyl/N-ethyl adjacent to an activating group) is 1. The predicted octanol–water partition coefficient (Wildman–Crippen LogP) is 0.737. The number of carbonyl (C=O) groups excluding carboxylic acids is 2. The van der Waals surface area contributed by atoms with E-state index in [0.29, 0.717) is 5.75 Å². The summed E-state index contributed by atoms with van der Waals surface area (Å²) in [6.45, 7) is -0.444. The molecule has 0 spiro atoms. The number of methoxy groups -OCH3 is 1. The van der Waals surface area contributed by atoms with Crippen molar-refractivity contribution in [3.8, 4) is 5.75 Å². The highest BCUT2D eigenvalue weighted by molar-refractivity contribution is 5.91. The molecule has 17 heavy (non-hydrogen) atoms. The van der Waals surface area contributed by atoms with Gasteiger partial charge in [0.15, 0.2) is 6.61 Å². The van der Waals surface area contributed by atoms with Crippen LogP contribution in [0.4, 0.5) is 4.39 Å². The highest BCUT2D eigenvalue weighted by atomic mass is 19.1. The van der Waals surface area contributed by atoms with Gasteiger partial charge in [-0.15, -0.1) is 0 Å². The van der Waals surface area contributed by atoms with E-state index in [1.165, 1.54) is 26.3 Å².